The first kappa shape index (κ1) is 14.0. The molecule has 1 aliphatic rings. The number of aromatic nitrogens is 1. The Morgan fingerprint density at radius 1 is 1.45 bits per heavy atom. The summed E-state index contributed by atoms with van der Waals surface area (Å²) in [4.78, 5) is 4.81. The molecular weight excluding hydrogens is 268 g/mol. The molecule has 0 spiro atoms. The summed E-state index contributed by atoms with van der Waals surface area (Å²) in [6.45, 7) is 4.99. The SMILES string of the molecule is CCNC(CC1CCCOC1)c1nc2ccccc2s1. The highest BCUT2D eigenvalue weighted by Gasteiger charge is 2.22. The highest BCUT2D eigenvalue weighted by Crippen LogP contribution is 2.31. The largest absolute Gasteiger partial charge is 0.381 e. The number of hydrogen-bond donors (Lipinski definition) is 1. The minimum absolute atomic E-state index is 0.365. The molecule has 0 amide bonds. The maximum Gasteiger partial charge on any atom is 0.111 e. The van der Waals surface area contributed by atoms with Gasteiger partial charge in [-0.05, 0) is 43.9 Å². The van der Waals surface area contributed by atoms with Crippen molar-refractivity contribution < 1.29 is 4.74 Å². The second-order valence-corrected chi connectivity index (χ2v) is 6.51. The monoisotopic (exact) mass is 290 g/mol. The first-order valence-corrected chi connectivity index (χ1v) is 8.35. The molecule has 1 N–H and O–H groups in total. The highest BCUT2D eigenvalue weighted by molar-refractivity contribution is 7.18. The fourth-order valence-corrected chi connectivity index (χ4v) is 3.94. The number of benzene rings is 1. The maximum absolute atomic E-state index is 5.61. The van der Waals surface area contributed by atoms with Crippen molar-refractivity contribution in [3.05, 3.63) is 29.3 Å². The smallest absolute Gasteiger partial charge is 0.111 e. The topological polar surface area (TPSA) is 34.1 Å². The summed E-state index contributed by atoms with van der Waals surface area (Å²) in [6, 6.07) is 8.76. The van der Waals surface area contributed by atoms with Gasteiger partial charge in [-0.2, -0.15) is 0 Å². The molecule has 2 atom stereocenters. The van der Waals surface area contributed by atoms with E-state index >= 15 is 0 Å². The fourth-order valence-electron chi connectivity index (χ4n) is 2.88. The van der Waals surface area contributed by atoms with Gasteiger partial charge in [-0.15, -0.1) is 11.3 Å². The standard InChI is InChI=1S/C16H22N2OS/c1-2-17-14(10-12-6-5-9-19-11-12)16-18-13-7-3-4-8-15(13)20-16/h3-4,7-8,12,14,17H,2,5-6,9-11H2,1H3. The van der Waals surface area contributed by atoms with E-state index in [1.165, 1.54) is 22.5 Å². The minimum atomic E-state index is 0.365. The number of nitrogens with one attached hydrogen (secondary N) is 1. The van der Waals surface area contributed by atoms with Crippen molar-refractivity contribution in [3.8, 4) is 0 Å². The number of fused-ring (bicyclic) bond motifs is 1. The van der Waals surface area contributed by atoms with Gasteiger partial charge in [0.25, 0.3) is 0 Å². The molecule has 1 aliphatic heterocycles. The van der Waals surface area contributed by atoms with Gasteiger partial charge in [-0.3, -0.25) is 0 Å². The van der Waals surface area contributed by atoms with Gasteiger partial charge < -0.3 is 10.1 Å². The summed E-state index contributed by atoms with van der Waals surface area (Å²) in [6.07, 6.45) is 3.61. The number of thiazole rings is 1. The molecule has 3 rings (SSSR count). The summed E-state index contributed by atoms with van der Waals surface area (Å²) in [5.74, 6) is 0.666. The third kappa shape index (κ3) is 3.19. The van der Waals surface area contributed by atoms with Crippen molar-refractivity contribution in [2.45, 2.75) is 32.2 Å². The van der Waals surface area contributed by atoms with E-state index in [4.69, 9.17) is 9.72 Å². The van der Waals surface area contributed by atoms with Crippen LogP contribution in [-0.2, 0) is 4.74 Å². The number of hydrogen-bond acceptors (Lipinski definition) is 4. The summed E-state index contributed by atoms with van der Waals surface area (Å²) in [5, 5.41) is 4.82. The van der Waals surface area contributed by atoms with Crippen molar-refractivity contribution in [2.24, 2.45) is 5.92 Å². The van der Waals surface area contributed by atoms with Crippen LogP contribution in [0.5, 0.6) is 0 Å². The van der Waals surface area contributed by atoms with E-state index in [9.17, 15) is 0 Å². The molecule has 0 saturated carbocycles. The molecule has 2 heterocycles. The molecule has 20 heavy (non-hydrogen) atoms. The predicted octanol–water partition coefficient (Wildman–Crippen LogP) is 3.76. The molecule has 0 bridgehead atoms. The van der Waals surface area contributed by atoms with Crippen LogP contribution in [0.25, 0.3) is 10.2 Å². The third-order valence-corrected chi connectivity index (χ3v) is 5.03. The minimum Gasteiger partial charge on any atom is -0.381 e. The Hall–Kier alpha value is -0.970. The summed E-state index contributed by atoms with van der Waals surface area (Å²) < 4.78 is 6.89. The van der Waals surface area contributed by atoms with E-state index in [1.807, 2.05) is 11.3 Å². The molecule has 2 aromatic rings. The highest BCUT2D eigenvalue weighted by atomic mass is 32.1. The van der Waals surface area contributed by atoms with Crippen molar-refractivity contribution in [1.29, 1.82) is 0 Å². The quantitative estimate of drug-likeness (QED) is 0.910. The molecule has 1 aromatic heterocycles. The van der Waals surface area contributed by atoms with E-state index in [0.29, 0.717) is 12.0 Å². The predicted molar refractivity (Wildman–Crippen MR) is 84.2 cm³/mol. The van der Waals surface area contributed by atoms with Gasteiger partial charge in [0, 0.05) is 13.2 Å². The first-order valence-electron chi connectivity index (χ1n) is 7.53. The van der Waals surface area contributed by atoms with Crippen LogP contribution in [0.3, 0.4) is 0 Å². The zero-order valence-corrected chi connectivity index (χ0v) is 12.8. The van der Waals surface area contributed by atoms with Crippen LogP contribution in [0.1, 0.15) is 37.2 Å². The Bertz CT molecular complexity index is 515. The number of rotatable bonds is 5. The van der Waals surface area contributed by atoms with Gasteiger partial charge in [0.2, 0.25) is 0 Å². The molecular formula is C16H22N2OS. The molecule has 3 nitrogen and oxygen atoms in total. The van der Waals surface area contributed by atoms with Gasteiger partial charge >= 0.3 is 0 Å². The lowest BCUT2D eigenvalue weighted by Gasteiger charge is -2.26. The van der Waals surface area contributed by atoms with Gasteiger partial charge in [-0.25, -0.2) is 4.98 Å². The van der Waals surface area contributed by atoms with Crippen molar-refractivity contribution in [3.63, 3.8) is 0 Å². The Morgan fingerprint density at radius 3 is 3.10 bits per heavy atom. The summed E-state index contributed by atoms with van der Waals surface area (Å²) in [5.41, 5.74) is 1.12. The average Bonchev–Trinajstić information content (AvgIpc) is 2.92. The molecule has 1 saturated heterocycles. The van der Waals surface area contributed by atoms with Crippen LogP contribution in [0.2, 0.25) is 0 Å². The number of nitrogens with zero attached hydrogens (tertiary/aromatic N) is 1. The lowest BCUT2D eigenvalue weighted by molar-refractivity contribution is 0.0475. The summed E-state index contributed by atoms with van der Waals surface area (Å²) >= 11 is 1.82. The zero-order valence-electron chi connectivity index (χ0n) is 12.0. The van der Waals surface area contributed by atoms with E-state index < -0.39 is 0 Å². The van der Waals surface area contributed by atoms with Crippen LogP contribution in [0.15, 0.2) is 24.3 Å². The van der Waals surface area contributed by atoms with Gasteiger partial charge in [-0.1, -0.05) is 19.1 Å². The molecule has 2 unspecified atom stereocenters. The second kappa shape index (κ2) is 6.66. The molecule has 1 aromatic carbocycles. The van der Waals surface area contributed by atoms with Crippen LogP contribution in [0.4, 0.5) is 0 Å². The van der Waals surface area contributed by atoms with E-state index in [-0.39, 0.29) is 0 Å². The maximum atomic E-state index is 5.61. The lowest BCUT2D eigenvalue weighted by Crippen LogP contribution is -2.27. The van der Waals surface area contributed by atoms with E-state index in [0.717, 1.165) is 31.7 Å². The molecule has 0 radical (unpaired) electrons. The number of ether oxygens (including phenoxy) is 1. The first-order chi connectivity index (χ1) is 9.86. The Labute approximate surface area is 124 Å². The van der Waals surface area contributed by atoms with Crippen LogP contribution in [-0.4, -0.2) is 24.7 Å². The Balaban J connectivity index is 1.77. The second-order valence-electron chi connectivity index (χ2n) is 5.45. The zero-order chi connectivity index (χ0) is 13.8. The van der Waals surface area contributed by atoms with Crippen LogP contribution in [0, 0.1) is 5.92 Å². The Kier molecular flexibility index (Phi) is 4.65. The van der Waals surface area contributed by atoms with Crippen molar-refractivity contribution >= 4 is 21.6 Å². The van der Waals surface area contributed by atoms with Gasteiger partial charge in [0.15, 0.2) is 0 Å². The lowest BCUT2D eigenvalue weighted by atomic mass is 9.94. The number of para-hydroxylation sites is 1. The Morgan fingerprint density at radius 2 is 2.35 bits per heavy atom. The van der Waals surface area contributed by atoms with Crippen LogP contribution < -0.4 is 5.32 Å². The van der Waals surface area contributed by atoms with Gasteiger partial charge in [0.1, 0.15) is 5.01 Å². The summed E-state index contributed by atoms with van der Waals surface area (Å²) in [7, 11) is 0. The van der Waals surface area contributed by atoms with Crippen LogP contribution >= 0.6 is 11.3 Å². The molecule has 0 aliphatic carbocycles. The third-order valence-electron chi connectivity index (χ3n) is 3.88. The molecule has 4 heteroatoms. The van der Waals surface area contributed by atoms with Crippen molar-refractivity contribution in [1.82, 2.24) is 10.3 Å². The van der Waals surface area contributed by atoms with Gasteiger partial charge in [0.05, 0.1) is 16.3 Å². The normalized spacial score (nSPS) is 21.1. The fraction of sp³-hybridized carbons (Fsp3) is 0.562. The average molecular weight is 290 g/mol. The molecule has 108 valence electrons. The molecule has 1 fully saturated rings. The van der Waals surface area contributed by atoms with E-state index in [1.54, 1.807) is 0 Å². The van der Waals surface area contributed by atoms with Crippen molar-refractivity contribution in [2.75, 3.05) is 19.8 Å². The van der Waals surface area contributed by atoms with E-state index in [2.05, 4.69) is 36.5 Å².